The van der Waals surface area contributed by atoms with Crippen LogP contribution in [0.3, 0.4) is 0 Å². The second kappa shape index (κ2) is 5.59. The SMILES string of the molecule is CC(C)(C)C1CCCN1SNCCCl. The predicted molar refractivity (Wildman–Crippen MR) is 65.5 cm³/mol. The van der Waals surface area contributed by atoms with Crippen LogP contribution in [0.1, 0.15) is 33.6 Å². The molecule has 0 aromatic heterocycles. The molecular formula is C10H21ClN2S. The molecule has 1 aliphatic rings. The Hall–Kier alpha value is 0.560. The maximum atomic E-state index is 5.62. The minimum absolute atomic E-state index is 0.381. The second-order valence-electron chi connectivity index (χ2n) is 4.84. The van der Waals surface area contributed by atoms with Crippen molar-refractivity contribution in [1.29, 1.82) is 0 Å². The molecule has 1 aliphatic heterocycles. The average molecular weight is 237 g/mol. The zero-order valence-corrected chi connectivity index (χ0v) is 10.9. The normalized spacial score (nSPS) is 24.4. The summed E-state index contributed by atoms with van der Waals surface area (Å²) >= 11 is 7.36. The van der Waals surface area contributed by atoms with E-state index in [4.69, 9.17) is 11.6 Å². The van der Waals surface area contributed by atoms with Crippen molar-refractivity contribution >= 4 is 23.7 Å². The van der Waals surface area contributed by atoms with Crippen LogP contribution in [-0.2, 0) is 0 Å². The molecule has 84 valence electrons. The molecule has 0 radical (unpaired) electrons. The van der Waals surface area contributed by atoms with Gasteiger partial charge >= 0.3 is 0 Å². The molecular weight excluding hydrogens is 216 g/mol. The molecule has 14 heavy (non-hydrogen) atoms. The zero-order chi connectivity index (χ0) is 10.6. The molecule has 1 fully saturated rings. The number of hydrogen-bond acceptors (Lipinski definition) is 3. The largest absolute Gasteiger partial charge is 0.249 e. The Morgan fingerprint density at radius 2 is 2.21 bits per heavy atom. The monoisotopic (exact) mass is 236 g/mol. The fourth-order valence-corrected chi connectivity index (χ4v) is 3.22. The molecule has 1 atom stereocenters. The molecule has 1 saturated heterocycles. The molecule has 4 heteroatoms. The Labute approximate surface area is 97.0 Å². The molecule has 0 saturated carbocycles. The van der Waals surface area contributed by atoms with Gasteiger partial charge < -0.3 is 0 Å². The number of rotatable bonds is 4. The first-order valence-corrected chi connectivity index (χ1v) is 6.59. The van der Waals surface area contributed by atoms with Gasteiger partial charge in [0.25, 0.3) is 0 Å². The molecule has 2 nitrogen and oxygen atoms in total. The lowest BCUT2D eigenvalue weighted by Gasteiger charge is -2.33. The van der Waals surface area contributed by atoms with E-state index in [1.165, 1.54) is 19.4 Å². The minimum atomic E-state index is 0.381. The Kier molecular flexibility index (Phi) is 5.04. The van der Waals surface area contributed by atoms with Gasteiger partial charge in [-0.1, -0.05) is 20.8 Å². The topological polar surface area (TPSA) is 15.3 Å². The predicted octanol–water partition coefficient (Wildman–Crippen LogP) is 2.89. The van der Waals surface area contributed by atoms with Gasteiger partial charge in [-0.05, 0) is 18.3 Å². The lowest BCUT2D eigenvalue weighted by Crippen LogP contribution is -2.37. The summed E-state index contributed by atoms with van der Waals surface area (Å²) in [4.78, 5) is 0. The summed E-state index contributed by atoms with van der Waals surface area (Å²) in [5.74, 6) is 0.682. The first kappa shape index (κ1) is 12.6. The molecule has 1 rings (SSSR count). The van der Waals surface area contributed by atoms with Crippen LogP contribution in [0, 0.1) is 5.41 Å². The molecule has 0 spiro atoms. The summed E-state index contributed by atoms with van der Waals surface area (Å²) in [5, 5.41) is 0. The first-order chi connectivity index (χ1) is 6.55. The van der Waals surface area contributed by atoms with Crippen LogP contribution in [0.25, 0.3) is 0 Å². The number of nitrogens with zero attached hydrogens (tertiary/aromatic N) is 1. The van der Waals surface area contributed by atoms with Crippen molar-refractivity contribution in [3.05, 3.63) is 0 Å². The lowest BCUT2D eigenvalue weighted by molar-refractivity contribution is 0.228. The van der Waals surface area contributed by atoms with Crippen LogP contribution < -0.4 is 4.72 Å². The van der Waals surface area contributed by atoms with E-state index in [0.717, 1.165) is 6.54 Å². The fourth-order valence-electron chi connectivity index (χ4n) is 1.88. The van der Waals surface area contributed by atoms with Gasteiger partial charge in [0.1, 0.15) is 0 Å². The van der Waals surface area contributed by atoms with Gasteiger partial charge in [0.05, 0.1) is 0 Å². The molecule has 0 amide bonds. The van der Waals surface area contributed by atoms with Gasteiger partial charge in [-0.15, -0.1) is 11.6 Å². The lowest BCUT2D eigenvalue weighted by atomic mass is 9.86. The van der Waals surface area contributed by atoms with Gasteiger partial charge in [-0.25, -0.2) is 9.03 Å². The molecule has 0 aromatic rings. The van der Waals surface area contributed by atoms with E-state index in [9.17, 15) is 0 Å². The summed E-state index contributed by atoms with van der Waals surface area (Å²) in [6, 6.07) is 0.690. The summed E-state index contributed by atoms with van der Waals surface area (Å²) in [6.07, 6.45) is 2.64. The van der Waals surface area contributed by atoms with Crippen molar-refractivity contribution in [2.45, 2.75) is 39.7 Å². The third-order valence-electron chi connectivity index (χ3n) is 2.58. The van der Waals surface area contributed by atoms with E-state index in [2.05, 4.69) is 29.8 Å². The van der Waals surface area contributed by atoms with Crippen molar-refractivity contribution in [3.63, 3.8) is 0 Å². The van der Waals surface area contributed by atoms with Crippen molar-refractivity contribution < 1.29 is 0 Å². The van der Waals surface area contributed by atoms with E-state index in [1.807, 2.05) is 0 Å². The van der Waals surface area contributed by atoms with Crippen LogP contribution >= 0.6 is 23.7 Å². The Morgan fingerprint density at radius 3 is 2.79 bits per heavy atom. The minimum Gasteiger partial charge on any atom is -0.249 e. The van der Waals surface area contributed by atoms with Crippen molar-refractivity contribution in [2.24, 2.45) is 5.41 Å². The number of halogens is 1. The Morgan fingerprint density at radius 1 is 1.50 bits per heavy atom. The van der Waals surface area contributed by atoms with E-state index >= 15 is 0 Å². The highest BCUT2D eigenvalue weighted by molar-refractivity contribution is 7.95. The highest BCUT2D eigenvalue weighted by Crippen LogP contribution is 2.35. The van der Waals surface area contributed by atoms with E-state index in [1.54, 1.807) is 12.1 Å². The summed E-state index contributed by atoms with van der Waals surface area (Å²) in [7, 11) is 0. The van der Waals surface area contributed by atoms with Crippen molar-refractivity contribution in [2.75, 3.05) is 19.0 Å². The van der Waals surface area contributed by atoms with Gasteiger partial charge in [-0.3, -0.25) is 0 Å². The molecule has 1 N–H and O–H groups in total. The van der Waals surface area contributed by atoms with Crippen LogP contribution in [0.2, 0.25) is 0 Å². The molecule has 0 aromatic carbocycles. The van der Waals surface area contributed by atoms with Crippen LogP contribution in [-0.4, -0.2) is 29.3 Å². The Bertz CT molecular complexity index is 170. The number of alkyl halides is 1. The third-order valence-corrected chi connectivity index (χ3v) is 3.78. The average Bonchev–Trinajstić information content (AvgIpc) is 2.52. The first-order valence-electron chi connectivity index (χ1n) is 5.28. The van der Waals surface area contributed by atoms with Crippen LogP contribution in [0.5, 0.6) is 0 Å². The smallest absolute Gasteiger partial charge is 0.0358 e. The highest BCUT2D eigenvalue weighted by atomic mass is 35.5. The van der Waals surface area contributed by atoms with Gasteiger partial charge in [0.15, 0.2) is 0 Å². The third kappa shape index (κ3) is 3.61. The number of hydrogen-bond donors (Lipinski definition) is 1. The second-order valence-corrected chi connectivity index (χ2v) is 6.16. The molecule has 1 unspecified atom stereocenters. The van der Waals surface area contributed by atoms with E-state index < -0.39 is 0 Å². The zero-order valence-electron chi connectivity index (χ0n) is 9.35. The van der Waals surface area contributed by atoms with Gasteiger partial charge in [0.2, 0.25) is 0 Å². The van der Waals surface area contributed by atoms with Crippen molar-refractivity contribution in [1.82, 2.24) is 9.03 Å². The summed E-state index contributed by atoms with van der Waals surface area (Å²) in [6.45, 7) is 9.02. The quantitative estimate of drug-likeness (QED) is 0.459. The van der Waals surface area contributed by atoms with Crippen molar-refractivity contribution in [3.8, 4) is 0 Å². The molecule has 0 bridgehead atoms. The molecule has 0 aliphatic carbocycles. The fraction of sp³-hybridized carbons (Fsp3) is 1.00. The maximum Gasteiger partial charge on any atom is 0.0358 e. The maximum absolute atomic E-state index is 5.62. The summed E-state index contributed by atoms with van der Waals surface area (Å²) in [5.41, 5.74) is 0.381. The van der Waals surface area contributed by atoms with E-state index in [0.29, 0.717) is 17.3 Å². The standard InChI is InChI=1S/C10H21ClN2S/c1-10(2,3)9-5-4-8-13(9)14-12-7-6-11/h9,12H,4-8H2,1-3H3. The van der Waals surface area contributed by atoms with Crippen LogP contribution in [0.15, 0.2) is 0 Å². The van der Waals surface area contributed by atoms with E-state index in [-0.39, 0.29) is 0 Å². The number of nitrogens with one attached hydrogen (secondary N) is 1. The van der Waals surface area contributed by atoms with Crippen LogP contribution in [0.4, 0.5) is 0 Å². The highest BCUT2D eigenvalue weighted by Gasteiger charge is 2.34. The summed E-state index contributed by atoms with van der Waals surface area (Å²) < 4.78 is 5.75. The van der Waals surface area contributed by atoms with Gasteiger partial charge in [-0.2, -0.15) is 0 Å². The van der Waals surface area contributed by atoms with Gasteiger partial charge in [0, 0.05) is 37.1 Å². The molecule has 1 heterocycles. The Balaban J connectivity index is 2.36.